The first-order valence-corrected chi connectivity index (χ1v) is 6.62. The van der Waals surface area contributed by atoms with E-state index in [9.17, 15) is 14.7 Å². The number of nitrogens with one attached hydrogen (secondary N) is 2. The number of hydrogen-bond donors (Lipinski definition) is 3. The highest BCUT2D eigenvalue weighted by Crippen LogP contribution is 2.19. The average Bonchev–Trinajstić information content (AvgIpc) is 2.61. The molecule has 0 radical (unpaired) electrons. The van der Waals surface area contributed by atoms with Crippen LogP contribution in [-0.4, -0.2) is 43.7 Å². The van der Waals surface area contributed by atoms with Gasteiger partial charge in [0.2, 0.25) is 0 Å². The summed E-state index contributed by atoms with van der Waals surface area (Å²) in [5, 5.41) is 18.9. The van der Waals surface area contributed by atoms with Crippen molar-refractivity contribution in [2.24, 2.45) is 7.05 Å². The Hall–Kier alpha value is -1.28. The summed E-state index contributed by atoms with van der Waals surface area (Å²) in [6, 6.07) is 0. The molecule has 0 amide bonds. The maximum atomic E-state index is 11.2. The van der Waals surface area contributed by atoms with E-state index in [4.69, 9.17) is 0 Å². The molecule has 1 aromatic rings. The predicted octanol–water partition coefficient (Wildman–Crippen LogP) is 0.0434. The maximum absolute atomic E-state index is 11.2. The van der Waals surface area contributed by atoms with Crippen molar-refractivity contribution in [2.75, 3.05) is 12.3 Å². The summed E-state index contributed by atoms with van der Waals surface area (Å²) < 4.78 is 1.40. The van der Waals surface area contributed by atoms with E-state index >= 15 is 0 Å². The van der Waals surface area contributed by atoms with Gasteiger partial charge in [-0.25, -0.2) is 9.89 Å². The second-order valence-corrected chi connectivity index (χ2v) is 5.20. The smallest absolute Gasteiger partial charge is 0.343 e. The average molecular weight is 274 g/mol. The molecule has 0 saturated carbocycles. The number of nitrogens with zero attached hydrogens (tertiary/aromatic N) is 2. The lowest BCUT2D eigenvalue weighted by molar-refractivity contribution is -0.144. The zero-order valence-electron chi connectivity index (χ0n) is 10.7. The van der Waals surface area contributed by atoms with Gasteiger partial charge in [0.15, 0.2) is 5.16 Å². The number of aliphatic carboxylic acids is 1. The van der Waals surface area contributed by atoms with Crippen LogP contribution in [0.25, 0.3) is 0 Å². The van der Waals surface area contributed by atoms with Gasteiger partial charge < -0.3 is 10.4 Å². The molecule has 18 heavy (non-hydrogen) atoms. The van der Waals surface area contributed by atoms with Crippen LogP contribution in [-0.2, 0) is 11.8 Å². The first kappa shape index (κ1) is 14.8. The van der Waals surface area contributed by atoms with Crippen LogP contribution in [0.3, 0.4) is 0 Å². The van der Waals surface area contributed by atoms with Gasteiger partial charge in [-0.15, -0.1) is 5.10 Å². The molecule has 1 rings (SSSR count). The fourth-order valence-corrected chi connectivity index (χ4v) is 2.55. The minimum Gasteiger partial charge on any atom is -0.480 e. The second-order valence-electron chi connectivity index (χ2n) is 4.14. The summed E-state index contributed by atoms with van der Waals surface area (Å²) in [6.45, 7) is 4.11. The highest BCUT2D eigenvalue weighted by atomic mass is 32.2. The molecule has 0 aromatic carbocycles. The van der Waals surface area contributed by atoms with Crippen molar-refractivity contribution in [1.82, 2.24) is 20.1 Å². The molecule has 1 heterocycles. The van der Waals surface area contributed by atoms with Crippen LogP contribution in [0, 0.1) is 0 Å². The maximum Gasteiger partial charge on any atom is 0.343 e. The molecule has 0 aliphatic heterocycles. The quantitative estimate of drug-likeness (QED) is 0.607. The number of thioether (sulfide) groups is 1. The third-order valence-corrected chi connectivity index (χ3v) is 3.74. The molecular weight excluding hydrogens is 256 g/mol. The Morgan fingerprint density at radius 1 is 1.67 bits per heavy atom. The number of hydrogen-bond acceptors (Lipinski definition) is 5. The van der Waals surface area contributed by atoms with Gasteiger partial charge in [-0.05, 0) is 19.9 Å². The molecule has 3 N–H and O–H groups in total. The fourth-order valence-electron chi connectivity index (χ4n) is 1.47. The number of carbonyl (C=O) groups is 1. The van der Waals surface area contributed by atoms with E-state index in [1.54, 1.807) is 14.0 Å². The normalized spacial score (nSPS) is 14.4. The molecule has 7 nitrogen and oxygen atoms in total. The molecule has 0 bridgehead atoms. The van der Waals surface area contributed by atoms with Crippen LogP contribution in [0.2, 0.25) is 0 Å². The van der Waals surface area contributed by atoms with Gasteiger partial charge in [-0.3, -0.25) is 9.36 Å². The van der Waals surface area contributed by atoms with Crippen LogP contribution < -0.4 is 11.0 Å². The van der Waals surface area contributed by atoms with Gasteiger partial charge in [0.05, 0.1) is 0 Å². The molecule has 8 heteroatoms. The first-order chi connectivity index (χ1) is 8.40. The Bertz CT molecular complexity index is 470. The Morgan fingerprint density at radius 2 is 2.33 bits per heavy atom. The molecule has 102 valence electrons. The van der Waals surface area contributed by atoms with Crippen LogP contribution in [0.1, 0.15) is 20.3 Å². The van der Waals surface area contributed by atoms with Gasteiger partial charge in [0, 0.05) is 12.8 Å². The van der Waals surface area contributed by atoms with Gasteiger partial charge >= 0.3 is 11.7 Å². The first-order valence-electron chi connectivity index (χ1n) is 5.63. The predicted molar refractivity (Wildman–Crippen MR) is 68.9 cm³/mol. The topological polar surface area (TPSA) is 100 Å². The lowest BCUT2D eigenvalue weighted by Crippen LogP contribution is -2.49. The largest absolute Gasteiger partial charge is 0.480 e. The highest BCUT2D eigenvalue weighted by molar-refractivity contribution is 7.99. The third kappa shape index (κ3) is 3.36. The van der Waals surface area contributed by atoms with Crippen molar-refractivity contribution >= 4 is 17.7 Å². The second kappa shape index (κ2) is 6.05. The van der Waals surface area contributed by atoms with E-state index < -0.39 is 11.5 Å². The molecule has 1 aromatic heterocycles. The lowest BCUT2D eigenvalue weighted by Gasteiger charge is -2.25. The Balaban J connectivity index is 2.57. The zero-order chi connectivity index (χ0) is 13.8. The van der Waals surface area contributed by atoms with E-state index in [-0.39, 0.29) is 5.69 Å². The van der Waals surface area contributed by atoms with Gasteiger partial charge in [-0.1, -0.05) is 18.7 Å². The number of H-pyrrole nitrogens is 1. The molecule has 1 unspecified atom stereocenters. The van der Waals surface area contributed by atoms with Gasteiger partial charge in [0.25, 0.3) is 0 Å². The van der Waals surface area contributed by atoms with Crippen molar-refractivity contribution in [3.05, 3.63) is 10.5 Å². The van der Waals surface area contributed by atoms with E-state index in [0.29, 0.717) is 23.9 Å². The molecule has 0 aliphatic carbocycles. The molecule has 0 fully saturated rings. The van der Waals surface area contributed by atoms with Crippen LogP contribution in [0.15, 0.2) is 9.95 Å². The summed E-state index contributed by atoms with van der Waals surface area (Å²) >= 11 is 1.36. The standard InChI is InChI=1S/C10H18N4O3S/c1-4-11-10(2,7(15)16)5-6-18-9-13-12-8(17)14(9)3/h11H,4-6H2,1-3H3,(H,12,17)(H,15,16). The molecule has 0 spiro atoms. The van der Waals surface area contributed by atoms with Crippen LogP contribution in [0.5, 0.6) is 0 Å². The van der Waals surface area contributed by atoms with Crippen molar-refractivity contribution in [3.8, 4) is 0 Å². The molecule has 1 atom stereocenters. The van der Waals surface area contributed by atoms with E-state index in [0.717, 1.165) is 0 Å². The number of rotatable bonds is 7. The van der Waals surface area contributed by atoms with Gasteiger partial charge in [-0.2, -0.15) is 0 Å². The molecular formula is C10H18N4O3S. The zero-order valence-corrected chi connectivity index (χ0v) is 11.5. The number of likely N-dealkylation sites (N-methyl/N-ethyl adjacent to an activating group) is 1. The summed E-state index contributed by atoms with van der Waals surface area (Å²) in [6.07, 6.45) is 0.446. The number of aromatic nitrogens is 3. The number of carboxylic acids is 1. The fraction of sp³-hybridized carbons (Fsp3) is 0.700. The Kier molecular flexibility index (Phi) is 4.97. The monoisotopic (exact) mass is 274 g/mol. The SMILES string of the molecule is CCNC(C)(CCSc1n[nH]c(=O)n1C)C(=O)O. The highest BCUT2D eigenvalue weighted by Gasteiger charge is 2.31. The van der Waals surface area contributed by atoms with Crippen LogP contribution in [0.4, 0.5) is 0 Å². The van der Waals surface area contributed by atoms with Crippen molar-refractivity contribution in [3.63, 3.8) is 0 Å². The lowest BCUT2D eigenvalue weighted by atomic mass is 9.99. The number of carboxylic acid groups (broad SMARTS) is 1. The summed E-state index contributed by atoms with van der Waals surface area (Å²) in [7, 11) is 1.62. The van der Waals surface area contributed by atoms with Crippen molar-refractivity contribution < 1.29 is 9.90 Å². The Morgan fingerprint density at radius 3 is 2.78 bits per heavy atom. The minimum atomic E-state index is -0.947. The van der Waals surface area contributed by atoms with E-state index in [1.807, 2.05) is 6.92 Å². The molecule has 0 aliphatic rings. The molecule has 0 saturated heterocycles. The van der Waals surface area contributed by atoms with E-state index in [1.165, 1.54) is 16.3 Å². The summed E-state index contributed by atoms with van der Waals surface area (Å²) in [4.78, 5) is 22.3. The summed E-state index contributed by atoms with van der Waals surface area (Å²) in [5.74, 6) is -0.311. The van der Waals surface area contributed by atoms with Crippen LogP contribution >= 0.6 is 11.8 Å². The van der Waals surface area contributed by atoms with Crippen molar-refractivity contribution in [1.29, 1.82) is 0 Å². The Labute approximate surface area is 109 Å². The minimum absolute atomic E-state index is 0.273. The van der Waals surface area contributed by atoms with E-state index in [2.05, 4.69) is 15.5 Å². The van der Waals surface area contributed by atoms with Crippen molar-refractivity contribution in [2.45, 2.75) is 31.0 Å². The number of aromatic amines is 1. The summed E-state index contributed by atoms with van der Waals surface area (Å²) in [5.41, 5.74) is -1.22. The third-order valence-electron chi connectivity index (χ3n) is 2.71. The van der Waals surface area contributed by atoms with Gasteiger partial charge in [0.1, 0.15) is 5.54 Å².